The third-order valence-corrected chi connectivity index (χ3v) is 6.90. The van der Waals surface area contributed by atoms with Crippen LogP contribution in [0.2, 0.25) is 0 Å². The first kappa shape index (κ1) is 19.2. The van der Waals surface area contributed by atoms with Gasteiger partial charge >= 0.3 is 5.97 Å². The monoisotopic (exact) mass is 334 g/mol. The lowest BCUT2D eigenvalue weighted by molar-refractivity contribution is -0.134. The second-order valence-corrected chi connectivity index (χ2v) is 8.53. The van der Waals surface area contributed by atoms with Gasteiger partial charge in [0.2, 0.25) is 0 Å². The van der Waals surface area contributed by atoms with E-state index >= 15 is 0 Å². The highest BCUT2D eigenvalue weighted by molar-refractivity contribution is 5.82. The molecule has 0 spiro atoms. The van der Waals surface area contributed by atoms with Crippen molar-refractivity contribution in [2.24, 2.45) is 22.7 Å². The summed E-state index contributed by atoms with van der Waals surface area (Å²) >= 11 is 0. The molecule has 0 amide bonds. The molecule has 2 fully saturated rings. The van der Waals surface area contributed by atoms with Crippen molar-refractivity contribution in [1.29, 1.82) is 0 Å². The van der Waals surface area contributed by atoms with Crippen molar-refractivity contribution in [1.82, 2.24) is 0 Å². The van der Waals surface area contributed by atoms with Gasteiger partial charge < -0.3 is 9.84 Å². The maximum absolute atomic E-state index is 11.4. The molecule has 0 radical (unpaired) electrons. The van der Waals surface area contributed by atoms with E-state index in [0.717, 1.165) is 37.7 Å². The summed E-state index contributed by atoms with van der Waals surface area (Å²) in [6.07, 6.45) is 9.29. The topological polar surface area (TPSA) is 46.5 Å². The molecule has 3 nitrogen and oxygen atoms in total. The Morgan fingerprint density at radius 3 is 2.75 bits per heavy atom. The van der Waals surface area contributed by atoms with Gasteiger partial charge in [0, 0.05) is 12.7 Å². The van der Waals surface area contributed by atoms with Gasteiger partial charge in [0.05, 0.1) is 7.11 Å². The number of hydrogen-bond acceptors (Lipinski definition) is 3. The fraction of sp³-hybridized carbons (Fsp3) is 0.762. The van der Waals surface area contributed by atoms with Crippen molar-refractivity contribution in [3.63, 3.8) is 0 Å². The smallest absolute Gasteiger partial charge is 0.330 e. The van der Waals surface area contributed by atoms with Gasteiger partial charge in [0.15, 0.2) is 0 Å². The lowest BCUT2D eigenvalue weighted by Crippen LogP contribution is -2.51. The first-order valence-electron chi connectivity index (χ1n) is 9.30. The number of allylic oxidation sites excluding steroid dienone is 2. The first-order valence-corrected chi connectivity index (χ1v) is 9.30. The zero-order chi connectivity index (χ0) is 18.0. The molecule has 2 aliphatic carbocycles. The molecule has 4 atom stereocenters. The van der Waals surface area contributed by atoms with Crippen LogP contribution < -0.4 is 0 Å². The molecule has 0 aromatic carbocycles. The highest BCUT2D eigenvalue weighted by Gasteiger charge is 2.53. The van der Waals surface area contributed by atoms with E-state index in [4.69, 9.17) is 4.74 Å². The summed E-state index contributed by atoms with van der Waals surface area (Å²) in [6.45, 7) is 11.4. The highest BCUT2D eigenvalue weighted by Crippen LogP contribution is 2.61. The van der Waals surface area contributed by atoms with Crippen molar-refractivity contribution in [2.45, 2.75) is 65.7 Å². The van der Waals surface area contributed by atoms with Crippen LogP contribution in [0.3, 0.4) is 0 Å². The molecule has 136 valence electrons. The summed E-state index contributed by atoms with van der Waals surface area (Å²) in [5, 5.41) is 10.0. The van der Waals surface area contributed by atoms with Gasteiger partial charge in [-0.25, -0.2) is 4.79 Å². The summed E-state index contributed by atoms with van der Waals surface area (Å²) in [5.41, 5.74) is 2.70. The lowest BCUT2D eigenvalue weighted by atomic mass is 9.47. The van der Waals surface area contributed by atoms with Crippen molar-refractivity contribution in [3.8, 4) is 0 Å². The van der Waals surface area contributed by atoms with E-state index in [0.29, 0.717) is 11.8 Å². The predicted octanol–water partition coefficient (Wildman–Crippen LogP) is 4.66. The number of ether oxygens (including phenoxy) is 1. The average molecular weight is 334 g/mol. The molecular formula is C21H34O3. The Morgan fingerprint density at radius 2 is 2.12 bits per heavy atom. The Balaban J connectivity index is 2.17. The summed E-state index contributed by atoms with van der Waals surface area (Å²) in [5.74, 6) is 0.761. The van der Waals surface area contributed by atoms with Gasteiger partial charge in [0.25, 0.3) is 0 Å². The normalized spacial score (nSPS) is 37.0. The third-order valence-electron chi connectivity index (χ3n) is 6.90. The molecule has 2 saturated carbocycles. The van der Waals surface area contributed by atoms with Gasteiger partial charge in [-0.3, -0.25) is 0 Å². The predicted molar refractivity (Wildman–Crippen MR) is 97.5 cm³/mol. The minimum atomic E-state index is -0.274. The van der Waals surface area contributed by atoms with Crippen LogP contribution >= 0.6 is 0 Å². The number of carbonyl (C=O) groups is 1. The van der Waals surface area contributed by atoms with Gasteiger partial charge in [-0.1, -0.05) is 38.0 Å². The maximum atomic E-state index is 11.4. The molecule has 0 heterocycles. The summed E-state index contributed by atoms with van der Waals surface area (Å²) in [4.78, 5) is 11.4. The molecule has 0 aromatic heterocycles. The zero-order valence-corrected chi connectivity index (χ0v) is 15.9. The standard InChI is InChI=1S/C21H34O3/c1-15(13-19(23)24-5)7-9-17-16(2)8-10-18-20(3,14-22)11-6-12-21(17,18)4/h13,17-18,22H,2,6-12,14H2,1,3-5H3/b15-13-/t17-,18?,20-,21+/m0/s1. The lowest BCUT2D eigenvalue weighted by Gasteiger charge is -2.58. The van der Waals surface area contributed by atoms with Gasteiger partial charge in [-0.05, 0) is 68.1 Å². The third kappa shape index (κ3) is 3.61. The van der Waals surface area contributed by atoms with Crippen LogP contribution in [0.1, 0.15) is 65.7 Å². The Morgan fingerprint density at radius 1 is 1.42 bits per heavy atom. The number of aliphatic hydroxyl groups is 1. The Bertz CT molecular complexity index is 521. The highest BCUT2D eigenvalue weighted by atomic mass is 16.5. The molecule has 0 bridgehead atoms. The Kier molecular flexibility index (Phi) is 5.95. The molecule has 24 heavy (non-hydrogen) atoms. The molecule has 2 rings (SSSR count). The summed E-state index contributed by atoms with van der Waals surface area (Å²) in [6, 6.07) is 0. The van der Waals surface area contributed by atoms with Gasteiger partial charge in [-0.15, -0.1) is 0 Å². The first-order chi connectivity index (χ1) is 11.3. The van der Waals surface area contributed by atoms with Crippen LogP contribution in [-0.4, -0.2) is 24.8 Å². The van der Waals surface area contributed by atoms with E-state index in [2.05, 4.69) is 20.4 Å². The molecule has 0 aliphatic heterocycles. The van der Waals surface area contributed by atoms with E-state index in [1.54, 1.807) is 6.08 Å². The average Bonchev–Trinajstić information content (AvgIpc) is 2.53. The van der Waals surface area contributed by atoms with E-state index in [1.165, 1.54) is 25.5 Å². The van der Waals surface area contributed by atoms with Gasteiger partial charge in [0.1, 0.15) is 0 Å². The second-order valence-electron chi connectivity index (χ2n) is 8.53. The van der Waals surface area contributed by atoms with Crippen molar-refractivity contribution in [3.05, 3.63) is 23.8 Å². The molecule has 3 heteroatoms. The van der Waals surface area contributed by atoms with Crippen LogP contribution in [0.15, 0.2) is 23.8 Å². The molecule has 0 aromatic rings. The SMILES string of the molecule is C=C1CCC2[C@](C)(CO)CCC[C@]2(C)[C@H]1CC/C(C)=C\C(=O)OC. The minimum Gasteiger partial charge on any atom is -0.466 e. The fourth-order valence-electron chi connectivity index (χ4n) is 5.51. The van der Waals surface area contributed by atoms with E-state index < -0.39 is 0 Å². The van der Waals surface area contributed by atoms with Crippen LogP contribution in [0, 0.1) is 22.7 Å². The maximum Gasteiger partial charge on any atom is 0.330 e. The number of hydrogen-bond donors (Lipinski definition) is 1. The zero-order valence-electron chi connectivity index (χ0n) is 15.9. The Hall–Kier alpha value is -1.09. The molecular weight excluding hydrogens is 300 g/mol. The van der Waals surface area contributed by atoms with Crippen molar-refractivity contribution in [2.75, 3.05) is 13.7 Å². The molecule has 2 aliphatic rings. The minimum absolute atomic E-state index is 0.0445. The Labute approximate surface area is 147 Å². The van der Waals surface area contributed by atoms with Crippen LogP contribution in [-0.2, 0) is 9.53 Å². The number of esters is 1. The molecule has 0 saturated heterocycles. The number of carbonyl (C=O) groups excluding carboxylic acids is 1. The largest absolute Gasteiger partial charge is 0.466 e. The number of rotatable bonds is 5. The summed E-state index contributed by atoms with van der Waals surface area (Å²) < 4.78 is 4.72. The van der Waals surface area contributed by atoms with Crippen LogP contribution in [0.4, 0.5) is 0 Å². The quantitative estimate of drug-likeness (QED) is 0.452. The van der Waals surface area contributed by atoms with Crippen LogP contribution in [0.25, 0.3) is 0 Å². The summed E-state index contributed by atoms with van der Waals surface area (Å²) in [7, 11) is 1.42. The molecule has 1 unspecified atom stereocenters. The van der Waals surface area contributed by atoms with E-state index in [-0.39, 0.29) is 23.4 Å². The molecule has 1 N–H and O–H groups in total. The number of methoxy groups -OCH3 is 1. The number of fused-ring (bicyclic) bond motifs is 1. The van der Waals surface area contributed by atoms with E-state index in [9.17, 15) is 9.90 Å². The van der Waals surface area contributed by atoms with Crippen molar-refractivity contribution < 1.29 is 14.6 Å². The second kappa shape index (κ2) is 7.43. The fourth-order valence-corrected chi connectivity index (χ4v) is 5.51. The number of aliphatic hydroxyl groups excluding tert-OH is 1. The van der Waals surface area contributed by atoms with Gasteiger partial charge in [-0.2, -0.15) is 0 Å². The van der Waals surface area contributed by atoms with E-state index in [1.807, 2.05) is 6.92 Å². The van der Waals surface area contributed by atoms with Crippen LogP contribution in [0.5, 0.6) is 0 Å². The van der Waals surface area contributed by atoms with Crippen molar-refractivity contribution >= 4 is 5.97 Å².